The number of carboxylic acids is 1. The Morgan fingerprint density at radius 3 is 2.74 bits per heavy atom. The molecule has 0 bridgehead atoms. The molecule has 0 radical (unpaired) electrons. The number of benzene rings is 1. The summed E-state index contributed by atoms with van der Waals surface area (Å²) in [6, 6.07) is 7.36. The molecule has 5 nitrogen and oxygen atoms in total. The van der Waals surface area contributed by atoms with Crippen molar-refractivity contribution in [3.63, 3.8) is 0 Å². The standard InChI is InChI=1S/C14H17N3O2/c1-9-5-3-4-6-13(9)17-10(2)11(8-16-17)12(15)7-14(18)19/h3-6,8,12H,7,15H2,1-2H3,(H,18,19). The molecule has 2 rings (SSSR count). The summed E-state index contributed by atoms with van der Waals surface area (Å²) in [5, 5.41) is 13.1. The number of hydrogen-bond acceptors (Lipinski definition) is 3. The Labute approximate surface area is 111 Å². The predicted octanol–water partition coefficient (Wildman–Crippen LogP) is 1.96. The molecule has 0 saturated carbocycles. The van der Waals surface area contributed by atoms with Crippen molar-refractivity contribution in [1.82, 2.24) is 9.78 Å². The SMILES string of the molecule is Cc1ccccc1-n1ncc(C(N)CC(=O)O)c1C. The van der Waals surface area contributed by atoms with Crippen molar-refractivity contribution in [2.24, 2.45) is 5.73 Å². The second kappa shape index (κ2) is 5.24. The highest BCUT2D eigenvalue weighted by Gasteiger charge is 2.17. The smallest absolute Gasteiger partial charge is 0.305 e. The maximum atomic E-state index is 10.7. The molecule has 5 heteroatoms. The summed E-state index contributed by atoms with van der Waals surface area (Å²) in [7, 11) is 0. The quantitative estimate of drug-likeness (QED) is 0.879. The molecule has 1 aromatic heterocycles. The zero-order valence-electron chi connectivity index (χ0n) is 11.0. The van der Waals surface area contributed by atoms with Crippen LogP contribution in [0.3, 0.4) is 0 Å². The van der Waals surface area contributed by atoms with E-state index < -0.39 is 12.0 Å². The lowest BCUT2D eigenvalue weighted by Crippen LogP contribution is -2.15. The van der Waals surface area contributed by atoms with E-state index in [0.717, 1.165) is 22.5 Å². The third-order valence-electron chi connectivity index (χ3n) is 3.19. The lowest BCUT2D eigenvalue weighted by molar-refractivity contribution is -0.137. The highest BCUT2D eigenvalue weighted by Crippen LogP contribution is 2.22. The van der Waals surface area contributed by atoms with Crippen LogP contribution in [0.25, 0.3) is 5.69 Å². The Kier molecular flexibility index (Phi) is 3.66. The van der Waals surface area contributed by atoms with E-state index >= 15 is 0 Å². The summed E-state index contributed by atoms with van der Waals surface area (Å²) in [5.74, 6) is -0.907. The second-order valence-electron chi connectivity index (χ2n) is 4.59. The average molecular weight is 259 g/mol. The van der Waals surface area contributed by atoms with Crippen LogP contribution in [0, 0.1) is 13.8 Å². The summed E-state index contributed by atoms with van der Waals surface area (Å²) in [4.78, 5) is 10.7. The van der Waals surface area contributed by atoms with Gasteiger partial charge in [-0.05, 0) is 25.5 Å². The molecule has 3 N–H and O–H groups in total. The minimum Gasteiger partial charge on any atom is -0.481 e. The van der Waals surface area contributed by atoms with Crippen molar-refractivity contribution in [2.45, 2.75) is 26.3 Å². The molecule has 0 saturated heterocycles. The van der Waals surface area contributed by atoms with E-state index in [1.807, 2.05) is 38.1 Å². The first-order chi connectivity index (χ1) is 9.00. The zero-order chi connectivity index (χ0) is 14.0. The molecule has 100 valence electrons. The van der Waals surface area contributed by atoms with Crippen molar-refractivity contribution < 1.29 is 9.90 Å². The van der Waals surface area contributed by atoms with Gasteiger partial charge in [-0.15, -0.1) is 0 Å². The average Bonchev–Trinajstić information content (AvgIpc) is 2.71. The van der Waals surface area contributed by atoms with Crippen molar-refractivity contribution >= 4 is 5.97 Å². The Bertz CT molecular complexity index is 604. The molecule has 0 aliphatic heterocycles. The number of rotatable bonds is 4. The predicted molar refractivity (Wildman–Crippen MR) is 72.2 cm³/mol. The fourth-order valence-electron chi connectivity index (χ4n) is 2.13. The molecule has 1 heterocycles. The molecule has 0 spiro atoms. The van der Waals surface area contributed by atoms with Gasteiger partial charge in [0, 0.05) is 17.3 Å². The normalized spacial score (nSPS) is 12.4. The van der Waals surface area contributed by atoms with Gasteiger partial charge < -0.3 is 10.8 Å². The molecule has 1 unspecified atom stereocenters. The lowest BCUT2D eigenvalue weighted by Gasteiger charge is -2.11. The van der Waals surface area contributed by atoms with Crippen molar-refractivity contribution in [2.75, 3.05) is 0 Å². The molecule has 0 fully saturated rings. The Morgan fingerprint density at radius 2 is 2.11 bits per heavy atom. The van der Waals surface area contributed by atoms with Crippen LogP contribution in [-0.4, -0.2) is 20.9 Å². The summed E-state index contributed by atoms with van der Waals surface area (Å²) in [6.07, 6.45) is 1.55. The lowest BCUT2D eigenvalue weighted by atomic mass is 10.1. The minimum absolute atomic E-state index is 0.0969. The first-order valence-corrected chi connectivity index (χ1v) is 6.08. The van der Waals surface area contributed by atoms with E-state index in [1.54, 1.807) is 10.9 Å². The van der Waals surface area contributed by atoms with E-state index in [9.17, 15) is 4.79 Å². The Hall–Kier alpha value is -2.14. The number of hydrogen-bond donors (Lipinski definition) is 2. The van der Waals surface area contributed by atoms with Crippen LogP contribution in [0.5, 0.6) is 0 Å². The summed E-state index contributed by atoms with van der Waals surface area (Å²) in [5.41, 5.74) is 9.62. The molecule has 0 aliphatic rings. The molecule has 1 atom stereocenters. The van der Waals surface area contributed by atoms with Crippen LogP contribution in [-0.2, 0) is 4.79 Å². The van der Waals surface area contributed by atoms with Gasteiger partial charge in [0.1, 0.15) is 0 Å². The molecule has 0 aliphatic carbocycles. The molecule has 0 amide bonds. The van der Waals surface area contributed by atoms with Gasteiger partial charge in [0.2, 0.25) is 0 Å². The van der Waals surface area contributed by atoms with Crippen LogP contribution in [0.4, 0.5) is 0 Å². The molecule has 19 heavy (non-hydrogen) atoms. The van der Waals surface area contributed by atoms with Crippen LogP contribution < -0.4 is 5.73 Å². The van der Waals surface area contributed by atoms with Crippen molar-refractivity contribution in [3.8, 4) is 5.69 Å². The maximum absolute atomic E-state index is 10.7. The van der Waals surface area contributed by atoms with Gasteiger partial charge in [0.25, 0.3) is 0 Å². The van der Waals surface area contributed by atoms with Gasteiger partial charge in [-0.1, -0.05) is 18.2 Å². The van der Waals surface area contributed by atoms with Crippen molar-refractivity contribution in [1.29, 1.82) is 0 Å². The molecule has 1 aromatic carbocycles. The van der Waals surface area contributed by atoms with Crippen LogP contribution in [0.2, 0.25) is 0 Å². The largest absolute Gasteiger partial charge is 0.481 e. The summed E-state index contributed by atoms with van der Waals surface area (Å²) >= 11 is 0. The number of aromatic nitrogens is 2. The topological polar surface area (TPSA) is 81.1 Å². The van der Waals surface area contributed by atoms with Gasteiger partial charge in [-0.25, -0.2) is 4.68 Å². The number of nitrogens with zero attached hydrogens (tertiary/aromatic N) is 2. The van der Waals surface area contributed by atoms with Crippen LogP contribution in [0.1, 0.15) is 29.3 Å². The number of carbonyl (C=O) groups is 1. The fraction of sp³-hybridized carbons (Fsp3) is 0.286. The zero-order valence-corrected chi connectivity index (χ0v) is 11.0. The highest BCUT2D eigenvalue weighted by atomic mass is 16.4. The van der Waals surface area contributed by atoms with Gasteiger partial charge in [-0.3, -0.25) is 4.79 Å². The summed E-state index contributed by atoms with van der Waals surface area (Å²) < 4.78 is 1.80. The Balaban J connectivity index is 2.38. The molecular formula is C14H17N3O2. The van der Waals surface area contributed by atoms with Crippen LogP contribution in [0.15, 0.2) is 30.5 Å². The Morgan fingerprint density at radius 1 is 1.42 bits per heavy atom. The molecule has 2 aromatic rings. The van der Waals surface area contributed by atoms with Gasteiger partial charge in [0.05, 0.1) is 18.3 Å². The molecular weight excluding hydrogens is 242 g/mol. The number of carboxylic acid groups (broad SMARTS) is 1. The van der Waals surface area contributed by atoms with Gasteiger partial charge in [0.15, 0.2) is 0 Å². The third-order valence-corrected chi connectivity index (χ3v) is 3.19. The van der Waals surface area contributed by atoms with E-state index in [2.05, 4.69) is 5.10 Å². The first kappa shape index (κ1) is 13.3. The van der Waals surface area contributed by atoms with Crippen molar-refractivity contribution in [3.05, 3.63) is 47.3 Å². The minimum atomic E-state index is -0.907. The van der Waals surface area contributed by atoms with E-state index in [-0.39, 0.29) is 6.42 Å². The highest BCUT2D eigenvalue weighted by molar-refractivity contribution is 5.68. The van der Waals surface area contributed by atoms with E-state index in [1.165, 1.54) is 0 Å². The maximum Gasteiger partial charge on any atom is 0.305 e. The first-order valence-electron chi connectivity index (χ1n) is 6.08. The van der Waals surface area contributed by atoms with E-state index in [4.69, 9.17) is 10.8 Å². The monoisotopic (exact) mass is 259 g/mol. The van der Waals surface area contributed by atoms with Crippen LogP contribution >= 0.6 is 0 Å². The number of para-hydroxylation sites is 1. The second-order valence-corrected chi connectivity index (χ2v) is 4.59. The summed E-state index contributed by atoms with van der Waals surface area (Å²) in [6.45, 7) is 3.91. The fourth-order valence-corrected chi connectivity index (χ4v) is 2.13. The van der Waals surface area contributed by atoms with Gasteiger partial charge in [-0.2, -0.15) is 5.10 Å². The van der Waals surface area contributed by atoms with E-state index in [0.29, 0.717) is 0 Å². The third kappa shape index (κ3) is 2.66. The number of aryl methyl sites for hydroxylation is 1. The number of aliphatic carboxylic acids is 1. The van der Waals surface area contributed by atoms with Gasteiger partial charge >= 0.3 is 5.97 Å². The number of nitrogens with two attached hydrogens (primary N) is 1.